The van der Waals surface area contributed by atoms with E-state index in [0.717, 1.165) is 5.56 Å². The van der Waals surface area contributed by atoms with Gasteiger partial charge in [0.2, 0.25) is 0 Å². The molecule has 108 valence electrons. The van der Waals surface area contributed by atoms with E-state index in [2.05, 4.69) is 5.32 Å². The molecule has 2 aromatic carbocycles. The van der Waals surface area contributed by atoms with Gasteiger partial charge in [0.15, 0.2) is 0 Å². The number of carboxylic acids is 1. The molecule has 0 heterocycles. The molecular weight excluding hydrogens is 272 g/mol. The Balaban J connectivity index is 1.95. The molecular formula is C15H14N2O4. The van der Waals surface area contributed by atoms with Crippen LogP contribution in [-0.2, 0) is 6.42 Å². The van der Waals surface area contributed by atoms with E-state index < -0.39 is 10.9 Å². The van der Waals surface area contributed by atoms with Gasteiger partial charge in [0.25, 0.3) is 5.69 Å². The summed E-state index contributed by atoms with van der Waals surface area (Å²) < 4.78 is 0. The normalized spacial score (nSPS) is 10.1. The Hall–Kier alpha value is -2.89. The minimum absolute atomic E-state index is 0.0583. The van der Waals surface area contributed by atoms with E-state index in [4.69, 9.17) is 5.11 Å². The number of nitro groups is 1. The van der Waals surface area contributed by atoms with Crippen LogP contribution < -0.4 is 5.32 Å². The van der Waals surface area contributed by atoms with Crippen molar-refractivity contribution in [3.63, 3.8) is 0 Å². The van der Waals surface area contributed by atoms with Crippen molar-refractivity contribution in [3.8, 4) is 0 Å². The lowest BCUT2D eigenvalue weighted by Crippen LogP contribution is -2.09. The van der Waals surface area contributed by atoms with Crippen LogP contribution in [-0.4, -0.2) is 22.5 Å². The summed E-state index contributed by atoms with van der Waals surface area (Å²) in [7, 11) is 0. The van der Waals surface area contributed by atoms with Crippen molar-refractivity contribution in [1.82, 2.24) is 0 Å². The van der Waals surface area contributed by atoms with Crippen LogP contribution in [0.5, 0.6) is 0 Å². The molecule has 0 unspecified atom stereocenters. The lowest BCUT2D eigenvalue weighted by molar-refractivity contribution is -0.384. The zero-order valence-electron chi connectivity index (χ0n) is 11.2. The van der Waals surface area contributed by atoms with Gasteiger partial charge >= 0.3 is 5.97 Å². The summed E-state index contributed by atoms with van der Waals surface area (Å²) in [6, 6.07) is 13.0. The average Bonchev–Trinajstić information content (AvgIpc) is 2.48. The van der Waals surface area contributed by atoms with Gasteiger partial charge in [-0.05, 0) is 24.1 Å². The summed E-state index contributed by atoms with van der Waals surface area (Å²) in [4.78, 5) is 21.2. The van der Waals surface area contributed by atoms with Crippen LogP contribution >= 0.6 is 0 Å². The third kappa shape index (κ3) is 3.79. The molecule has 0 atom stereocenters. The number of benzene rings is 2. The number of hydrogen-bond acceptors (Lipinski definition) is 4. The van der Waals surface area contributed by atoms with Crippen molar-refractivity contribution in [2.45, 2.75) is 6.42 Å². The van der Waals surface area contributed by atoms with E-state index in [1.165, 1.54) is 18.2 Å². The number of rotatable bonds is 6. The van der Waals surface area contributed by atoms with Gasteiger partial charge in [-0.25, -0.2) is 4.79 Å². The standard InChI is InChI=1S/C15H14N2O4/c18-15(19)13-3-1-2-4-14(13)16-10-9-11-5-7-12(8-6-11)17(20)21/h1-8,16H,9-10H2,(H,18,19). The molecule has 2 aromatic rings. The van der Waals surface area contributed by atoms with Gasteiger partial charge in [0.1, 0.15) is 0 Å². The van der Waals surface area contributed by atoms with E-state index in [1.807, 2.05) is 0 Å². The van der Waals surface area contributed by atoms with Gasteiger partial charge in [-0.15, -0.1) is 0 Å². The number of aromatic carboxylic acids is 1. The number of nitrogens with zero attached hydrogens (tertiary/aromatic N) is 1. The highest BCUT2D eigenvalue weighted by atomic mass is 16.6. The lowest BCUT2D eigenvalue weighted by atomic mass is 10.1. The summed E-state index contributed by atoms with van der Waals surface area (Å²) in [5.41, 5.74) is 1.79. The lowest BCUT2D eigenvalue weighted by Gasteiger charge is -2.09. The van der Waals surface area contributed by atoms with Gasteiger partial charge in [-0.1, -0.05) is 24.3 Å². The highest BCUT2D eigenvalue weighted by Crippen LogP contribution is 2.16. The second kappa shape index (κ2) is 6.51. The van der Waals surface area contributed by atoms with E-state index in [-0.39, 0.29) is 11.3 Å². The second-order valence-corrected chi connectivity index (χ2v) is 4.45. The Morgan fingerprint density at radius 2 is 1.81 bits per heavy atom. The fraction of sp³-hybridized carbons (Fsp3) is 0.133. The average molecular weight is 286 g/mol. The van der Waals surface area contributed by atoms with Crippen LogP contribution in [0.25, 0.3) is 0 Å². The maximum Gasteiger partial charge on any atom is 0.337 e. The van der Waals surface area contributed by atoms with Crippen LogP contribution in [0.15, 0.2) is 48.5 Å². The monoisotopic (exact) mass is 286 g/mol. The summed E-state index contributed by atoms with van der Waals surface area (Å²) in [5.74, 6) is -0.978. The van der Waals surface area contributed by atoms with E-state index >= 15 is 0 Å². The van der Waals surface area contributed by atoms with Gasteiger partial charge < -0.3 is 10.4 Å². The second-order valence-electron chi connectivity index (χ2n) is 4.45. The number of nitro benzene ring substituents is 1. The van der Waals surface area contributed by atoms with Crippen LogP contribution in [0.1, 0.15) is 15.9 Å². The van der Waals surface area contributed by atoms with Crippen molar-refractivity contribution in [1.29, 1.82) is 0 Å². The fourth-order valence-electron chi connectivity index (χ4n) is 1.95. The van der Waals surface area contributed by atoms with Crippen molar-refractivity contribution in [3.05, 3.63) is 69.8 Å². The smallest absolute Gasteiger partial charge is 0.337 e. The highest BCUT2D eigenvalue weighted by molar-refractivity contribution is 5.94. The molecule has 0 aliphatic carbocycles. The van der Waals surface area contributed by atoms with E-state index in [1.54, 1.807) is 30.3 Å². The molecule has 0 aliphatic heterocycles. The molecule has 0 aromatic heterocycles. The number of carbonyl (C=O) groups is 1. The minimum atomic E-state index is -0.978. The molecule has 6 nitrogen and oxygen atoms in total. The number of carboxylic acid groups (broad SMARTS) is 1. The largest absolute Gasteiger partial charge is 0.478 e. The first kappa shape index (κ1) is 14.5. The van der Waals surface area contributed by atoms with Gasteiger partial charge in [0, 0.05) is 24.4 Å². The molecule has 2 rings (SSSR count). The zero-order valence-corrected chi connectivity index (χ0v) is 11.2. The molecule has 0 radical (unpaired) electrons. The number of para-hydroxylation sites is 1. The summed E-state index contributed by atoms with van der Waals surface area (Å²) >= 11 is 0. The van der Waals surface area contributed by atoms with Crippen molar-refractivity contribution in [2.24, 2.45) is 0 Å². The first-order valence-electron chi connectivity index (χ1n) is 6.37. The molecule has 0 amide bonds. The topological polar surface area (TPSA) is 92.5 Å². The van der Waals surface area contributed by atoms with E-state index in [9.17, 15) is 14.9 Å². The first-order valence-corrected chi connectivity index (χ1v) is 6.37. The predicted molar refractivity (Wildman–Crippen MR) is 78.7 cm³/mol. The predicted octanol–water partition coefficient (Wildman–Crippen LogP) is 2.95. The van der Waals surface area contributed by atoms with E-state index in [0.29, 0.717) is 18.7 Å². The van der Waals surface area contributed by atoms with Crippen LogP contribution in [0, 0.1) is 10.1 Å². The van der Waals surface area contributed by atoms with Crippen LogP contribution in [0.3, 0.4) is 0 Å². The third-order valence-electron chi connectivity index (χ3n) is 3.03. The van der Waals surface area contributed by atoms with Crippen molar-refractivity contribution in [2.75, 3.05) is 11.9 Å². The Kier molecular flexibility index (Phi) is 4.50. The van der Waals surface area contributed by atoms with Crippen molar-refractivity contribution < 1.29 is 14.8 Å². The molecule has 0 saturated heterocycles. The van der Waals surface area contributed by atoms with Gasteiger partial charge in [-0.2, -0.15) is 0 Å². The highest BCUT2D eigenvalue weighted by Gasteiger charge is 2.08. The maximum atomic E-state index is 11.1. The third-order valence-corrected chi connectivity index (χ3v) is 3.03. The molecule has 0 fully saturated rings. The molecule has 0 spiro atoms. The molecule has 0 saturated carbocycles. The van der Waals surface area contributed by atoms with Gasteiger partial charge in [0.05, 0.1) is 10.5 Å². The number of anilines is 1. The van der Waals surface area contributed by atoms with Crippen LogP contribution in [0.4, 0.5) is 11.4 Å². The number of nitrogens with one attached hydrogen (secondary N) is 1. The summed E-state index contributed by atoms with van der Waals surface area (Å²) in [6.45, 7) is 0.544. The summed E-state index contributed by atoms with van der Waals surface area (Å²) in [5, 5.41) is 22.7. The summed E-state index contributed by atoms with van der Waals surface area (Å²) in [6.07, 6.45) is 0.645. The Labute approximate surface area is 121 Å². The Bertz CT molecular complexity index is 653. The molecule has 2 N–H and O–H groups in total. The maximum absolute atomic E-state index is 11.1. The minimum Gasteiger partial charge on any atom is -0.478 e. The van der Waals surface area contributed by atoms with Gasteiger partial charge in [-0.3, -0.25) is 10.1 Å². The number of hydrogen-bond donors (Lipinski definition) is 2. The quantitative estimate of drug-likeness (QED) is 0.629. The van der Waals surface area contributed by atoms with Crippen LogP contribution in [0.2, 0.25) is 0 Å². The molecule has 6 heteroatoms. The SMILES string of the molecule is O=C(O)c1ccccc1NCCc1ccc([N+](=O)[O-])cc1. The molecule has 21 heavy (non-hydrogen) atoms. The molecule has 0 bridgehead atoms. The fourth-order valence-corrected chi connectivity index (χ4v) is 1.95. The Morgan fingerprint density at radius 3 is 2.43 bits per heavy atom. The van der Waals surface area contributed by atoms with Crippen molar-refractivity contribution >= 4 is 17.3 Å². The Morgan fingerprint density at radius 1 is 1.14 bits per heavy atom. The zero-order chi connectivity index (χ0) is 15.2. The number of non-ortho nitro benzene ring substituents is 1. The molecule has 0 aliphatic rings. The first-order chi connectivity index (χ1) is 10.1.